The zero-order chi connectivity index (χ0) is 38.0. The lowest BCUT2D eigenvalue weighted by Gasteiger charge is -2.34. The lowest BCUT2D eigenvalue weighted by molar-refractivity contribution is -0.136. The van der Waals surface area contributed by atoms with E-state index in [0.29, 0.717) is 12.1 Å². The van der Waals surface area contributed by atoms with Crippen molar-refractivity contribution in [3.63, 3.8) is 0 Å². The van der Waals surface area contributed by atoms with Gasteiger partial charge in [0.25, 0.3) is 0 Å². The van der Waals surface area contributed by atoms with Gasteiger partial charge in [-0.05, 0) is 105 Å². The van der Waals surface area contributed by atoms with Crippen molar-refractivity contribution in [1.29, 1.82) is 5.26 Å². The highest BCUT2D eigenvalue weighted by Gasteiger charge is 2.41. The Morgan fingerprint density at radius 2 is 1.57 bits per heavy atom. The third kappa shape index (κ3) is 6.72. The van der Waals surface area contributed by atoms with Crippen LogP contribution in [0, 0.1) is 18.3 Å². The van der Waals surface area contributed by atoms with E-state index in [1.165, 1.54) is 38.4 Å². The first kappa shape index (κ1) is 36.4. The zero-order valence-corrected chi connectivity index (χ0v) is 31.8. The molecule has 4 heteroatoms. The van der Waals surface area contributed by atoms with Crippen LogP contribution in [-0.4, -0.2) is 17.6 Å². The average Bonchev–Trinajstić information content (AvgIpc) is 3.40. The molecule has 0 fully saturated rings. The lowest BCUT2D eigenvalue weighted by atomic mass is 9.69. The number of nitrogens with zero attached hydrogens (tertiary/aromatic N) is 2. The van der Waals surface area contributed by atoms with Gasteiger partial charge in [-0.3, -0.25) is 4.79 Å². The first-order valence-corrected chi connectivity index (χ1v) is 19.0. The molecular weight excluding hydrogens is 661 g/mol. The summed E-state index contributed by atoms with van der Waals surface area (Å²) in [6, 6.07) is 38.8. The van der Waals surface area contributed by atoms with E-state index in [1.54, 1.807) is 0 Å². The van der Waals surface area contributed by atoms with Gasteiger partial charge >= 0.3 is 5.97 Å². The molecule has 0 amide bonds. The predicted molar refractivity (Wildman–Crippen MR) is 224 cm³/mol. The number of hydrogen-bond donors (Lipinski definition) is 1. The summed E-state index contributed by atoms with van der Waals surface area (Å²) in [5, 5.41) is 25.1. The third-order valence-electron chi connectivity index (χ3n) is 11.7. The molecular formula is C50H48N2O2. The summed E-state index contributed by atoms with van der Waals surface area (Å²) in [4.78, 5) is 13.9. The number of fused-ring (bicyclic) bond motifs is 4. The molecule has 5 aromatic rings. The molecule has 0 aromatic heterocycles. The number of hydrogen-bond acceptors (Lipinski definition) is 3. The van der Waals surface area contributed by atoms with E-state index in [9.17, 15) is 15.2 Å². The molecule has 0 saturated carbocycles. The molecule has 270 valence electrons. The molecule has 0 saturated heterocycles. The summed E-state index contributed by atoms with van der Waals surface area (Å²) in [5.41, 5.74) is 10.0. The summed E-state index contributed by atoms with van der Waals surface area (Å²) in [5.74, 6) is -0.824. The van der Waals surface area contributed by atoms with E-state index in [0.717, 1.165) is 59.2 Å². The second-order valence-corrected chi connectivity index (χ2v) is 15.5. The van der Waals surface area contributed by atoms with Crippen molar-refractivity contribution >= 4 is 33.2 Å². The molecule has 2 aliphatic rings. The number of allylic oxidation sites excluding steroid dienone is 9. The van der Waals surface area contributed by atoms with Crippen LogP contribution in [0.4, 0.5) is 5.69 Å². The third-order valence-corrected chi connectivity index (χ3v) is 11.7. The van der Waals surface area contributed by atoms with Crippen molar-refractivity contribution in [3.8, 4) is 6.07 Å². The van der Waals surface area contributed by atoms with E-state index < -0.39 is 11.4 Å². The molecule has 0 radical (unpaired) electrons. The van der Waals surface area contributed by atoms with Gasteiger partial charge in [-0.1, -0.05) is 143 Å². The molecule has 1 aliphatic carbocycles. The molecule has 1 heterocycles. The molecule has 1 unspecified atom stereocenters. The van der Waals surface area contributed by atoms with Gasteiger partial charge in [0.1, 0.15) is 0 Å². The standard InChI is InChI=1S/C50H48N2O2/c1-34-22-24-37-16-9-11-20-41(37)47(34)50(5,32-36-14-7-6-8-15-36)35(2)23-25-39-18-13-19-40(43(39)33-51)27-29-45-49(3,4)48-42-21-12-10-17-38(42)26-28-44(48)52(45)31-30-46(53)54/h6-12,14-17,20-29H,2,13,18-19,30-32H2,1,3-5H3,(H,53,54)/b25-23+,40-27+,45-29-. The van der Waals surface area contributed by atoms with Crippen molar-refractivity contribution in [2.75, 3.05) is 11.4 Å². The number of anilines is 1. The Hall–Kier alpha value is -5.92. The van der Waals surface area contributed by atoms with Crippen molar-refractivity contribution in [2.45, 2.75) is 70.6 Å². The molecule has 1 aliphatic heterocycles. The fraction of sp³-hybridized carbons (Fsp3) is 0.240. The molecule has 5 aromatic carbocycles. The van der Waals surface area contributed by atoms with Crippen LogP contribution in [0.15, 0.2) is 162 Å². The SMILES string of the molecule is C=C(/C=C/C1=C(C#N)C(=C/C=C2\N(CCC(=O)O)c3ccc4ccccc4c3C2(C)C)/CCC1)C(C)(Cc1ccccc1)c1c(C)ccc2ccccc12. The van der Waals surface area contributed by atoms with Crippen LogP contribution in [0.25, 0.3) is 21.5 Å². The molecule has 4 nitrogen and oxygen atoms in total. The van der Waals surface area contributed by atoms with Crippen LogP contribution in [0.3, 0.4) is 0 Å². The number of rotatable bonds is 10. The van der Waals surface area contributed by atoms with Crippen molar-refractivity contribution in [2.24, 2.45) is 0 Å². The fourth-order valence-corrected chi connectivity index (χ4v) is 8.93. The van der Waals surface area contributed by atoms with Crippen molar-refractivity contribution in [3.05, 3.63) is 184 Å². The molecule has 1 N–H and O–H groups in total. The molecule has 0 bridgehead atoms. The van der Waals surface area contributed by atoms with E-state index in [2.05, 4.69) is 166 Å². The van der Waals surface area contributed by atoms with Gasteiger partial charge in [-0.15, -0.1) is 0 Å². The van der Waals surface area contributed by atoms with Crippen LogP contribution in [0.5, 0.6) is 0 Å². The van der Waals surface area contributed by atoms with Gasteiger partial charge in [0.2, 0.25) is 0 Å². The largest absolute Gasteiger partial charge is 0.481 e. The Morgan fingerprint density at radius 3 is 2.30 bits per heavy atom. The van der Waals surface area contributed by atoms with E-state index in [1.807, 2.05) is 0 Å². The highest BCUT2D eigenvalue weighted by Crippen LogP contribution is 2.51. The van der Waals surface area contributed by atoms with Crippen LogP contribution in [-0.2, 0) is 22.0 Å². The number of carboxylic acids is 1. The predicted octanol–water partition coefficient (Wildman–Crippen LogP) is 12.0. The quantitative estimate of drug-likeness (QED) is 0.147. The van der Waals surface area contributed by atoms with E-state index in [-0.39, 0.29) is 11.8 Å². The first-order chi connectivity index (χ1) is 26.0. The fourth-order valence-electron chi connectivity index (χ4n) is 8.93. The Labute approximate surface area is 319 Å². The summed E-state index contributed by atoms with van der Waals surface area (Å²) in [7, 11) is 0. The minimum atomic E-state index is -0.824. The zero-order valence-electron chi connectivity index (χ0n) is 31.8. The van der Waals surface area contributed by atoms with Gasteiger partial charge < -0.3 is 10.0 Å². The maximum absolute atomic E-state index is 11.8. The Balaban J connectivity index is 1.27. The summed E-state index contributed by atoms with van der Waals surface area (Å²) < 4.78 is 0. The molecule has 0 spiro atoms. The first-order valence-electron chi connectivity index (χ1n) is 19.0. The van der Waals surface area contributed by atoms with Crippen molar-refractivity contribution < 1.29 is 9.90 Å². The number of nitriles is 1. The van der Waals surface area contributed by atoms with Crippen molar-refractivity contribution in [1.82, 2.24) is 0 Å². The van der Waals surface area contributed by atoms with E-state index in [4.69, 9.17) is 6.58 Å². The van der Waals surface area contributed by atoms with Gasteiger partial charge in [-0.25, -0.2) is 0 Å². The van der Waals surface area contributed by atoms with E-state index >= 15 is 0 Å². The number of carbonyl (C=O) groups is 1. The van der Waals surface area contributed by atoms with Crippen LogP contribution < -0.4 is 4.90 Å². The second kappa shape index (κ2) is 14.8. The smallest absolute Gasteiger partial charge is 0.305 e. The van der Waals surface area contributed by atoms with Gasteiger partial charge in [0.15, 0.2) is 0 Å². The highest BCUT2D eigenvalue weighted by molar-refractivity contribution is 5.95. The maximum Gasteiger partial charge on any atom is 0.305 e. The minimum absolute atomic E-state index is 0.0277. The van der Waals surface area contributed by atoms with Gasteiger partial charge in [0, 0.05) is 28.8 Å². The van der Waals surface area contributed by atoms with Gasteiger partial charge in [-0.2, -0.15) is 5.26 Å². The Bertz CT molecular complexity index is 2450. The highest BCUT2D eigenvalue weighted by atomic mass is 16.4. The average molecular weight is 709 g/mol. The molecule has 1 atom stereocenters. The second-order valence-electron chi connectivity index (χ2n) is 15.5. The summed E-state index contributed by atoms with van der Waals surface area (Å²) >= 11 is 0. The lowest BCUT2D eigenvalue weighted by Crippen LogP contribution is -2.28. The van der Waals surface area contributed by atoms with Crippen LogP contribution in [0.1, 0.15) is 68.7 Å². The van der Waals surface area contributed by atoms with Crippen LogP contribution >= 0.6 is 0 Å². The topological polar surface area (TPSA) is 64.3 Å². The summed E-state index contributed by atoms with van der Waals surface area (Å²) in [6.45, 7) is 14.0. The molecule has 7 rings (SSSR count). The normalized spacial score (nSPS) is 18.0. The Morgan fingerprint density at radius 1 is 0.907 bits per heavy atom. The molecule has 54 heavy (non-hydrogen) atoms. The maximum atomic E-state index is 11.8. The number of aryl methyl sites for hydroxylation is 1. The number of aliphatic carboxylic acids is 1. The van der Waals surface area contributed by atoms with Gasteiger partial charge in [0.05, 0.1) is 18.1 Å². The number of carboxylic acid groups (broad SMARTS) is 1. The Kier molecular flexibility index (Phi) is 10.0. The minimum Gasteiger partial charge on any atom is -0.481 e. The summed E-state index contributed by atoms with van der Waals surface area (Å²) in [6.07, 6.45) is 11.9. The van der Waals surface area contributed by atoms with Crippen LogP contribution in [0.2, 0.25) is 0 Å². The monoisotopic (exact) mass is 708 g/mol. The number of benzene rings is 5.